The van der Waals surface area contributed by atoms with Crippen LogP contribution in [0.1, 0.15) is 390 Å². The molecule has 0 aromatic heterocycles. The summed E-state index contributed by atoms with van der Waals surface area (Å²) in [6.45, 7) is 43.8. The Balaban J connectivity index is 0.000000620. The van der Waals surface area contributed by atoms with E-state index in [1.165, 1.54) is 196 Å². The molecule has 91 heavy (non-hydrogen) atoms. The van der Waals surface area contributed by atoms with Gasteiger partial charge in [0, 0.05) is 16.7 Å². The lowest BCUT2D eigenvalue weighted by atomic mass is 9.68. The van der Waals surface area contributed by atoms with Gasteiger partial charge >= 0.3 is 8.60 Å². The number of aliphatic hydroxyl groups is 4. The highest BCUT2D eigenvalue weighted by Crippen LogP contribution is 2.51. The lowest BCUT2D eigenvalue weighted by Crippen LogP contribution is -2.55. The maximum Gasteiger partial charge on any atom is 0.530 e. The van der Waals surface area contributed by atoms with Gasteiger partial charge in [-0.1, -0.05) is 380 Å². The molecule has 0 spiro atoms. The van der Waals surface area contributed by atoms with Gasteiger partial charge in [-0.05, 0) is 80.2 Å². The molecule has 0 fully saturated rings. The Morgan fingerprint density at radius 1 is 0.286 bits per heavy atom. The second-order valence-corrected chi connectivity index (χ2v) is 35.0. The Morgan fingerprint density at radius 2 is 0.484 bits per heavy atom. The van der Waals surface area contributed by atoms with E-state index in [-0.39, 0.29) is 52.3 Å². The van der Waals surface area contributed by atoms with Gasteiger partial charge in [-0.2, -0.15) is 0 Å². The molecule has 4 N–H and O–H groups in total. The summed E-state index contributed by atoms with van der Waals surface area (Å²) >= 11 is 0. The summed E-state index contributed by atoms with van der Waals surface area (Å²) in [7, 11) is -1.89. The highest BCUT2D eigenvalue weighted by molar-refractivity contribution is 7.43. The predicted octanol–water partition coefficient (Wildman–Crippen LogP) is 25.2. The van der Waals surface area contributed by atoms with Gasteiger partial charge in [0.2, 0.25) is 0 Å². The van der Waals surface area contributed by atoms with E-state index in [1.54, 1.807) is 0 Å². The van der Waals surface area contributed by atoms with E-state index in [0.29, 0.717) is 12.8 Å². The van der Waals surface area contributed by atoms with E-state index in [0.717, 1.165) is 59.6 Å². The first-order valence-electron chi connectivity index (χ1n) is 37.5. The largest absolute Gasteiger partial charge is 0.530 e. The molecular formula is C83H147O7P. The maximum atomic E-state index is 11.7. The van der Waals surface area contributed by atoms with Crippen LogP contribution in [-0.2, 0) is 32.5 Å². The second-order valence-electron chi connectivity index (χ2n) is 34.0. The Bertz CT molecular complexity index is 2130. The number of rotatable bonds is 44. The average Bonchev–Trinajstić information content (AvgIpc) is 0.880. The maximum absolute atomic E-state index is 11.7. The van der Waals surface area contributed by atoms with Crippen molar-refractivity contribution >= 4 is 8.60 Å². The summed E-state index contributed by atoms with van der Waals surface area (Å²) in [6, 6.07) is 19.7. The van der Waals surface area contributed by atoms with Gasteiger partial charge in [-0.3, -0.25) is 0 Å². The zero-order chi connectivity index (χ0) is 68.4. The van der Waals surface area contributed by atoms with Gasteiger partial charge in [0.1, 0.15) is 17.2 Å². The van der Waals surface area contributed by atoms with Crippen molar-refractivity contribution in [3.8, 4) is 17.2 Å². The van der Waals surface area contributed by atoms with Crippen molar-refractivity contribution in [2.24, 2.45) is 5.41 Å². The molecule has 8 heteroatoms. The third-order valence-corrected chi connectivity index (χ3v) is 20.3. The molecule has 3 aromatic carbocycles. The van der Waals surface area contributed by atoms with Crippen LogP contribution in [0.4, 0.5) is 0 Å². The molecule has 3 rings (SSSR count). The fourth-order valence-electron chi connectivity index (χ4n) is 12.5. The van der Waals surface area contributed by atoms with E-state index in [9.17, 15) is 20.4 Å². The zero-order valence-corrected chi connectivity index (χ0v) is 64.2. The van der Waals surface area contributed by atoms with Crippen LogP contribution in [0.3, 0.4) is 0 Å². The van der Waals surface area contributed by atoms with Crippen molar-refractivity contribution < 1.29 is 34.0 Å². The van der Waals surface area contributed by atoms with E-state index in [2.05, 4.69) is 193 Å². The quantitative estimate of drug-likeness (QED) is 0.0330. The zero-order valence-electron chi connectivity index (χ0n) is 63.3. The third-order valence-electron chi connectivity index (χ3n) is 19.3. The number of hydrogen-bond acceptors (Lipinski definition) is 7. The van der Waals surface area contributed by atoms with Crippen LogP contribution in [0.2, 0.25) is 0 Å². The van der Waals surface area contributed by atoms with Gasteiger partial charge in [0.05, 0.1) is 30.8 Å². The lowest BCUT2D eigenvalue weighted by Gasteiger charge is -2.44. The van der Waals surface area contributed by atoms with Crippen LogP contribution in [-0.4, -0.2) is 45.8 Å². The molecule has 0 saturated carbocycles. The average molecular weight is 1290 g/mol. The number of hydrogen-bond donors (Lipinski definition) is 4. The minimum absolute atomic E-state index is 0.0170. The topological polar surface area (TPSA) is 109 Å². The van der Waals surface area contributed by atoms with Crippen LogP contribution >= 0.6 is 8.60 Å². The van der Waals surface area contributed by atoms with Crippen LogP contribution in [0.15, 0.2) is 54.6 Å². The summed E-state index contributed by atoms with van der Waals surface area (Å²) in [5.41, 5.74) is 4.41. The molecule has 0 radical (unpaired) electrons. The lowest BCUT2D eigenvalue weighted by molar-refractivity contribution is -0.162. The third kappa shape index (κ3) is 32.3. The molecule has 3 aromatic rings. The number of benzene rings is 3. The van der Waals surface area contributed by atoms with Gasteiger partial charge in [-0.15, -0.1) is 0 Å². The number of aliphatic hydroxyl groups excluding tert-OH is 3. The normalized spacial score (nSPS) is 13.0. The van der Waals surface area contributed by atoms with Gasteiger partial charge in [0.15, 0.2) is 0 Å². The first-order valence-corrected chi connectivity index (χ1v) is 38.6. The van der Waals surface area contributed by atoms with Crippen molar-refractivity contribution in [2.45, 2.75) is 395 Å². The molecule has 0 amide bonds. The van der Waals surface area contributed by atoms with E-state index < -0.39 is 19.6 Å². The highest BCUT2D eigenvalue weighted by Gasteiger charge is 2.48. The van der Waals surface area contributed by atoms with Gasteiger partial charge < -0.3 is 34.0 Å². The predicted molar refractivity (Wildman–Crippen MR) is 397 cm³/mol. The highest BCUT2D eigenvalue weighted by atomic mass is 31.2. The second kappa shape index (κ2) is 42.1. The monoisotopic (exact) mass is 1290 g/mol. The summed E-state index contributed by atoms with van der Waals surface area (Å²) in [6.07, 6.45) is 43.0. The Labute approximate surface area is 565 Å². The van der Waals surface area contributed by atoms with Crippen LogP contribution in [0.5, 0.6) is 17.2 Å². The fraction of sp³-hybridized carbons (Fsp3) is 0.783. The molecule has 0 saturated heterocycles. The molecule has 0 aliphatic heterocycles. The van der Waals surface area contributed by atoms with E-state index in [1.807, 2.05) is 0 Å². The molecule has 7 nitrogen and oxygen atoms in total. The van der Waals surface area contributed by atoms with Crippen LogP contribution in [0.25, 0.3) is 0 Å². The van der Waals surface area contributed by atoms with Gasteiger partial charge in [-0.25, -0.2) is 0 Å². The van der Waals surface area contributed by atoms with E-state index >= 15 is 0 Å². The minimum atomic E-state index is -1.89. The van der Waals surface area contributed by atoms with Crippen molar-refractivity contribution in [3.63, 3.8) is 0 Å². The fourth-order valence-corrected chi connectivity index (χ4v) is 13.5. The molecule has 0 aliphatic carbocycles. The van der Waals surface area contributed by atoms with Crippen LogP contribution in [0, 0.1) is 5.41 Å². The minimum Gasteiger partial charge on any atom is -0.408 e. The van der Waals surface area contributed by atoms with Crippen molar-refractivity contribution in [3.05, 3.63) is 88.0 Å². The molecule has 0 atom stereocenters. The van der Waals surface area contributed by atoms with Crippen molar-refractivity contribution in [2.75, 3.05) is 19.8 Å². The Kier molecular flexibility index (Phi) is 39.1. The molecule has 0 unspecified atom stereocenters. The smallest absolute Gasteiger partial charge is 0.408 e. The van der Waals surface area contributed by atoms with Crippen molar-refractivity contribution in [1.29, 1.82) is 0 Å². The first kappa shape index (κ1) is 84.4. The molecule has 526 valence electrons. The molecule has 0 heterocycles. The summed E-state index contributed by atoms with van der Waals surface area (Å²) in [4.78, 5) is 0. The summed E-state index contributed by atoms with van der Waals surface area (Å²) in [5.74, 6) is 2.37. The SMILES string of the molecule is CC(C)(C)c1ccc(OP(Oc2ccc(C(C)(C)C)cc2C(C)(C)C)Oc2ccc(C(C)(C)C)cc2C(C)(C)C)c(C(C)(C)C)c1.CCCCCCCCCCCCCCCCCCC(O)(CCCCCCCCCCCCCCCCCC)C(CO)(CO)CO. The first-order chi connectivity index (χ1) is 42.6. The summed E-state index contributed by atoms with van der Waals surface area (Å²) < 4.78 is 20.7. The van der Waals surface area contributed by atoms with E-state index in [4.69, 9.17) is 13.6 Å². The Hall–Kier alpha value is -2.67. The Morgan fingerprint density at radius 3 is 0.659 bits per heavy atom. The summed E-state index contributed by atoms with van der Waals surface area (Å²) in [5, 5.41) is 42.0. The molecular weight excluding hydrogens is 1140 g/mol. The van der Waals surface area contributed by atoms with Gasteiger partial charge in [0.25, 0.3) is 0 Å². The molecule has 0 bridgehead atoms. The standard InChI is InChI=1S/C42H63O3P.C41H84O4/c1-37(2,3)28-19-22-34(31(25-28)40(10,11)12)43-46(44-35-23-20-29(38(4,5)6)26-32(35)41(13,14)15)45-36-24-21-30(39(7,8)9)27-33(36)42(16,17)18;1-3-5-7-9-11-13-15-17-19-21-23-25-27-29-31-33-35-41(45,40(37-42,38-43)39-44)36-34-32-30-28-26-24-22-20-18-16-14-12-10-8-6-4-2/h19-27H,1-18H3;42-45H,3-39H2,1-2H3. The van der Waals surface area contributed by atoms with Crippen LogP contribution < -0.4 is 13.6 Å². The number of unbranched alkanes of at least 4 members (excludes halogenated alkanes) is 30. The molecule has 0 aliphatic rings. The van der Waals surface area contributed by atoms with Crippen molar-refractivity contribution in [1.82, 2.24) is 0 Å².